The van der Waals surface area contributed by atoms with Gasteiger partial charge in [0.15, 0.2) is 0 Å². The second kappa shape index (κ2) is 12.2. The van der Waals surface area contributed by atoms with E-state index in [9.17, 15) is 13.6 Å². The third kappa shape index (κ3) is 13.1. The Hall–Kier alpha value is -0.320. The van der Waals surface area contributed by atoms with Crippen LogP contribution in [-0.4, -0.2) is 29.5 Å². The van der Waals surface area contributed by atoms with Crippen LogP contribution in [0.2, 0.25) is 0 Å². The molecular formula is C16H30F2O2S. The Labute approximate surface area is 132 Å². The van der Waals surface area contributed by atoms with E-state index in [2.05, 4.69) is 6.92 Å². The highest BCUT2D eigenvalue weighted by atomic mass is 32.2. The van der Waals surface area contributed by atoms with Gasteiger partial charge in [-0.25, -0.2) is 8.78 Å². The summed E-state index contributed by atoms with van der Waals surface area (Å²) in [5.74, 6) is -1.83. The van der Waals surface area contributed by atoms with Crippen LogP contribution in [0.25, 0.3) is 0 Å². The largest absolute Gasteiger partial charge is 0.465 e. The van der Waals surface area contributed by atoms with Crippen molar-refractivity contribution in [2.24, 2.45) is 0 Å². The van der Waals surface area contributed by atoms with Crippen LogP contribution < -0.4 is 0 Å². The quantitative estimate of drug-likeness (QED) is 0.333. The monoisotopic (exact) mass is 324 g/mol. The SMILES string of the molecule is CCCCC(SCCCCCC(C)(F)F)C(=O)OCCC. The van der Waals surface area contributed by atoms with Gasteiger partial charge < -0.3 is 4.74 Å². The molecular weight excluding hydrogens is 294 g/mol. The van der Waals surface area contributed by atoms with E-state index in [0.29, 0.717) is 13.0 Å². The van der Waals surface area contributed by atoms with Gasteiger partial charge in [-0.2, -0.15) is 0 Å². The van der Waals surface area contributed by atoms with Gasteiger partial charge in [0.1, 0.15) is 5.25 Å². The van der Waals surface area contributed by atoms with Crippen molar-refractivity contribution in [2.75, 3.05) is 12.4 Å². The van der Waals surface area contributed by atoms with E-state index in [4.69, 9.17) is 4.74 Å². The molecule has 0 fully saturated rings. The second-order valence-electron chi connectivity index (χ2n) is 5.55. The lowest BCUT2D eigenvalue weighted by atomic mass is 10.1. The molecule has 0 aromatic rings. The van der Waals surface area contributed by atoms with Crippen LogP contribution in [-0.2, 0) is 9.53 Å². The standard InChI is InChI=1S/C16H30F2O2S/c1-4-6-10-14(15(19)20-12-5-2)21-13-9-7-8-11-16(3,17)18/h14H,4-13H2,1-3H3. The van der Waals surface area contributed by atoms with Crippen molar-refractivity contribution in [1.29, 1.82) is 0 Å². The molecule has 0 amide bonds. The average Bonchev–Trinajstić information content (AvgIpc) is 2.41. The maximum atomic E-state index is 12.7. The summed E-state index contributed by atoms with van der Waals surface area (Å²) in [6.07, 6.45) is 5.92. The summed E-state index contributed by atoms with van der Waals surface area (Å²) in [6, 6.07) is 0. The minimum Gasteiger partial charge on any atom is -0.465 e. The molecule has 1 atom stereocenters. The highest BCUT2D eigenvalue weighted by Gasteiger charge is 2.21. The van der Waals surface area contributed by atoms with E-state index in [1.54, 1.807) is 11.8 Å². The Balaban J connectivity index is 3.87. The number of thioether (sulfide) groups is 1. The van der Waals surface area contributed by atoms with E-state index in [0.717, 1.165) is 51.2 Å². The van der Waals surface area contributed by atoms with Crippen LogP contribution in [0.4, 0.5) is 8.78 Å². The van der Waals surface area contributed by atoms with Gasteiger partial charge in [-0.05, 0) is 38.4 Å². The summed E-state index contributed by atoms with van der Waals surface area (Å²) in [5.41, 5.74) is 0. The summed E-state index contributed by atoms with van der Waals surface area (Å²) in [7, 11) is 0. The van der Waals surface area contributed by atoms with Gasteiger partial charge in [0, 0.05) is 6.42 Å². The molecule has 0 aliphatic heterocycles. The summed E-state index contributed by atoms with van der Waals surface area (Å²) in [6.45, 7) is 5.52. The molecule has 0 aromatic heterocycles. The summed E-state index contributed by atoms with van der Waals surface area (Å²) < 4.78 is 30.5. The van der Waals surface area contributed by atoms with Crippen LogP contribution in [0.15, 0.2) is 0 Å². The zero-order chi connectivity index (χ0) is 16.1. The molecule has 1 unspecified atom stereocenters. The van der Waals surface area contributed by atoms with Crippen LogP contribution in [0.1, 0.15) is 72.1 Å². The molecule has 5 heteroatoms. The fourth-order valence-corrected chi connectivity index (χ4v) is 3.09. The molecule has 0 heterocycles. The maximum absolute atomic E-state index is 12.7. The van der Waals surface area contributed by atoms with Crippen molar-refractivity contribution < 1.29 is 18.3 Å². The Kier molecular flexibility index (Phi) is 12.1. The molecule has 0 aliphatic carbocycles. The fraction of sp³-hybridized carbons (Fsp3) is 0.938. The van der Waals surface area contributed by atoms with Gasteiger partial charge in [0.25, 0.3) is 0 Å². The minimum absolute atomic E-state index is 0.0462. The van der Waals surface area contributed by atoms with Crippen molar-refractivity contribution in [3.8, 4) is 0 Å². The Morgan fingerprint density at radius 3 is 2.43 bits per heavy atom. The van der Waals surface area contributed by atoms with Gasteiger partial charge in [-0.15, -0.1) is 11.8 Å². The van der Waals surface area contributed by atoms with Crippen LogP contribution in [0, 0.1) is 0 Å². The van der Waals surface area contributed by atoms with Crippen molar-refractivity contribution in [2.45, 2.75) is 83.3 Å². The Morgan fingerprint density at radius 2 is 1.86 bits per heavy atom. The molecule has 0 radical (unpaired) electrons. The number of carbonyl (C=O) groups excluding carboxylic acids is 1. The van der Waals surface area contributed by atoms with E-state index >= 15 is 0 Å². The summed E-state index contributed by atoms with van der Waals surface area (Å²) in [4.78, 5) is 11.9. The second-order valence-corrected chi connectivity index (χ2v) is 6.86. The smallest absolute Gasteiger partial charge is 0.319 e. The minimum atomic E-state index is -2.55. The lowest BCUT2D eigenvalue weighted by Gasteiger charge is -2.15. The molecule has 0 aromatic carbocycles. The first kappa shape index (κ1) is 20.7. The van der Waals surface area contributed by atoms with E-state index in [1.807, 2.05) is 6.92 Å². The van der Waals surface area contributed by atoms with Crippen molar-refractivity contribution in [3.63, 3.8) is 0 Å². The van der Waals surface area contributed by atoms with Crippen LogP contribution >= 0.6 is 11.8 Å². The van der Waals surface area contributed by atoms with Gasteiger partial charge >= 0.3 is 5.97 Å². The molecule has 0 N–H and O–H groups in total. The third-order valence-electron chi connectivity index (χ3n) is 3.11. The molecule has 0 spiro atoms. The first-order valence-electron chi connectivity index (χ1n) is 8.06. The molecule has 21 heavy (non-hydrogen) atoms. The zero-order valence-electron chi connectivity index (χ0n) is 13.6. The fourth-order valence-electron chi connectivity index (χ4n) is 1.89. The predicted octanol–water partition coefficient (Wildman–Crippen LogP) is 5.45. The normalized spacial score (nSPS) is 13.2. The first-order chi connectivity index (χ1) is 9.90. The Bertz CT molecular complexity index is 267. The summed E-state index contributed by atoms with van der Waals surface area (Å²) >= 11 is 1.62. The van der Waals surface area contributed by atoms with Gasteiger partial charge in [0.2, 0.25) is 5.92 Å². The number of ether oxygens (including phenoxy) is 1. The first-order valence-corrected chi connectivity index (χ1v) is 9.11. The number of halogens is 2. The summed E-state index contributed by atoms with van der Waals surface area (Å²) in [5, 5.41) is -0.0934. The average molecular weight is 324 g/mol. The van der Waals surface area contributed by atoms with Crippen LogP contribution in [0.3, 0.4) is 0 Å². The topological polar surface area (TPSA) is 26.3 Å². The number of rotatable bonds is 13. The number of hydrogen-bond donors (Lipinski definition) is 0. The van der Waals surface area contributed by atoms with Crippen LogP contribution in [0.5, 0.6) is 0 Å². The van der Waals surface area contributed by atoms with Crippen molar-refractivity contribution >= 4 is 17.7 Å². The highest BCUT2D eigenvalue weighted by Crippen LogP contribution is 2.23. The molecule has 0 saturated heterocycles. The maximum Gasteiger partial charge on any atom is 0.319 e. The van der Waals surface area contributed by atoms with Crippen molar-refractivity contribution in [3.05, 3.63) is 0 Å². The zero-order valence-corrected chi connectivity index (χ0v) is 14.4. The van der Waals surface area contributed by atoms with Gasteiger partial charge in [0.05, 0.1) is 6.61 Å². The molecule has 0 bridgehead atoms. The molecule has 126 valence electrons. The van der Waals surface area contributed by atoms with Gasteiger partial charge in [-0.3, -0.25) is 4.79 Å². The van der Waals surface area contributed by atoms with E-state index in [1.165, 1.54) is 0 Å². The third-order valence-corrected chi connectivity index (χ3v) is 4.47. The van der Waals surface area contributed by atoms with Crippen molar-refractivity contribution in [1.82, 2.24) is 0 Å². The highest BCUT2D eigenvalue weighted by molar-refractivity contribution is 8.00. The molecule has 0 saturated carbocycles. The van der Waals surface area contributed by atoms with Gasteiger partial charge in [-0.1, -0.05) is 33.1 Å². The Morgan fingerprint density at radius 1 is 1.14 bits per heavy atom. The number of alkyl halides is 2. The van der Waals surface area contributed by atoms with E-state index < -0.39 is 5.92 Å². The number of hydrogen-bond acceptors (Lipinski definition) is 3. The predicted molar refractivity (Wildman–Crippen MR) is 86.1 cm³/mol. The number of unbranched alkanes of at least 4 members (excludes halogenated alkanes) is 3. The molecule has 0 aliphatic rings. The molecule has 0 rings (SSSR count). The lowest BCUT2D eigenvalue weighted by Crippen LogP contribution is -2.21. The molecule has 2 nitrogen and oxygen atoms in total. The lowest BCUT2D eigenvalue weighted by molar-refractivity contribution is -0.143. The number of esters is 1. The van der Waals surface area contributed by atoms with E-state index in [-0.39, 0.29) is 17.6 Å². The number of carbonyl (C=O) groups is 1.